The van der Waals surface area contributed by atoms with E-state index >= 15 is 0 Å². The molecule has 31 heavy (non-hydrogen) atoms. The number of aryl methyl sites for hydroxylation is 1. The van der Waals surface area contributed by atoms with Crippen LogP contribution in [0, 0.1) is 12.7 Å². The highest BCUT2D eigenvalue weighted by molar-refractivity contribution is 6.33. The second-order valence-electron chi connectivity index (χ2n) is 7.25. The third-order valence-corrected chi connectivity index (χ3v) is 5.56. The van der Waals surface area contributed by atoms with Crippen molar-refractivity contribution in [3.8, 4) is 22.5 Å². The van der Waals surface area contributed by atoms with Gasteiger partial charge in [-0.2, -0.15) is 0 Å². The minimum atomic E-state index is -1.04. The van der Waals surface area contributed by atoms with Crippen LogP contribution >= 0.6 is 11.6 Å². The predicted molar refractivity (Wildman–Crippen MR) is 118 cm³/mol. The fourth-order valence-corrected chi connectivity index (χ4v) is 3.97. The first-order chi connectivity index (χ1) is 14.8. The van der Waals surface area contributed by atoms with E-state index in [2.05, 4.69) is 0 Å². The lowest BCUT2D eigenvalue weighted by atomic mass is 9.96. The molecule has 4 nitrogen and oxygen atoms in total. The van der Waals surface area contributed by atoms with Gasteiger partial charge in [-0.15, -0.1) is 0 Å². The summed E-state index contributed by atoms with van der Waals surface area (Å²) in [6, 6.07) is 14.2. The number of aromatic carboxylic acids is 1. The zero-order valence-corrected chi connectivity index (χ0v) is 17.6. The van der Waals surface area contributed by atoms with Gasteiger partial charge in [0.1, 0.15) is 17.2 Å². The first-order valence-corrected chi connectivity index (χ1v) is 10.1. The van der Waals surface area contributed by atoms with Crippen molar-refractivity contribution in [3.05, 3.63) is 82.1 Å². The van der Waals surface area contributed by atoms with Gasteiger partial charge in [0.25, 0.3) is 0 Å². The number of fused-ring (bicyclic) bond motifs is 1. The van der Waals surface area contributed by atoms with Crippen LogP contribution in [0.5, 0.6) is 0 Å². The number of rotatable bonds is 5. The molecule has 3 aromatic carbocycles. The maximum atomic E-state index is 13.4. The quantitative estimate of drug-likeness (QED) is 0.337. The summed E-state index contributed by atoms with van der Waals surface area (Å²) >= 11 is 6.42. The monoisotopic (exact) mass is 436 g/mol. The Morgan fingerprint density at radius 2 is 1.71 bits per heavy atom. The average Bonchev–Trinajstić information content (AvgIpc) is 3.12. The summed E-state index contributed by atoms with van der Waals surface area (Å²) in [6.45, 7) is 3.45. The minimum absolute atomic E-state index is 0.114. The van der Waals surface area contributed by atoms with E-state index in [0.717, 1.165) is 0 Å². The highest BCUT2D eigenvalue weighted by atomic mass is 35.5. The second-order valence-corrected chi connectivity index (χ2v) is 7.66. The largest absolute Gasteiger partial charge is 0.478 e. The molecule has 4 rings (SSSR count). The highest BCUT2D eigenvalue weighted by Gasteiger charge is 2.22. The number of hydrogen-bond acceptors (Lipinski definition) is 3. The van der Waals surface area contributed by atoms with Gasteiger partial charge < -0.3 is 9.52 Å². The van der Waals surface area contributed by atoms with Crippen LogP contribution in [-0.2, 0) is 0 Å². The molecule has 0 saturated carbocycles. The number of halogens is 2. The van der Waals surface area contributed by atoms with Gasteiger partial charge in [-0.25, -0.2) is 9.18 Å². The molecule has 0 bridgehead atoms. The Morgan fingerprint density at radius 1 is 1.03 bits per heavy atom. The zero-order chi connectivity index (χ0) is 22.3. The summed E-state index contributed by atoms with van der Waals surface area (Å²) in [6.07, 6.45) is 0.265. The van der Waals surface area contributed by atoms with Gasteiger partial charge in [0.2, 0.25) is 0 Å². The van der Waals surface area contributed by atoms with Crippen LogP contribution in [-0.4, -0.2) is 16.9 Å². The standard InChI is InChI=1S/C25H18ClFO4/c1-3-21(28)23-19-11-15(18-12-17(25(29)30)13(2)10-20(18)26)6-9-22(19)31-24(23)14-4-7-16(27)8-5-14/h4-12H,3H2,1-2H3,(H,29,30). The van der Waals surface area contributed by atoms with E-state index in [4.69, 9.17) is 16.0 Å². The Bertz CT molecular complexity index is 1340. The van der Waals surface area contributed by atoms with Gasteiger partial charge in [-0.05, 0) is 66.6 Å². The third-order valence-electron chi connectivity index (χ3n) is 5.25. The second kappa shape index (κ2) is 8.00. The Labute approximate surface area is 182 Å². The zero-order valence-electron chi connectivity index (χ0n) is 16.8. The lowest BCUT2D eigenvalue weighted by Crippen LogP contribution is -2.00. The fraction of sp³-hybridized carbons (Fsp3) is 0.120. The summed E-state index contributed by atoms with van der Waals surface area (Å²) in [5, 5.41) is 10.5. The van der Waals surface area contributed by atoms with Crippen molar-refractivity contribution in [2.45, 2.75) is 20.3 Å². The van der Waals surface area contributed by atoms with Crippen molar-refractivity contribution in [2.24, 2.45) is 0 Å². The Kier molecular flexibility index (Phi) is 5.38. The summed E-state index contributed by atoms with van der Waals surface area (Å²) < 4.78 is 19.4. The van der Waals surface area contributed by atoms with Gasteiger partial charge in [0.15, 0.2) is 5.78 Å². The normalized spacial score (nSPS) is 11.1. The Balaban J connectivity index is 1.96. The molecule has 1 heterocycles. The first-order valence-electron chi connectivity index (χ1n) is 9.69. The number of carboxylic acid groups (broad SMARTS) is 1. The van der Waals surface area contributed by atoms with E-state index in [-0.39, 0.29) is 23.6 Å². The summed E-state index contributed by atoms with van der Waals surface area (Å²) in [4.78, 5) is 24.4. The molecule has 0 aliphatic rings. The molecule has 0 aliphatic carbocycles. The van der Waals surface area contributed by atoms with Crippen LogP contribution in [0.15, 0.2) is 59.0 Å². The van der Waals surface area contributed by atoms with Gasteiger partial charge in [-0.3, -0.25) is 4.79 Å². The lowest BCUT2D eigenvalue weighted by Gasteiger charge is -2.09. The Morgan fingerprint density at radius 3 is 2.35 bits per heavy atom. The topological polar surface area (TPSA) is 67.5 Å². The molecule has 4 aromatic rings. The van der Waals surface area contributed by atoms with Crippen LogP contribution in [0.4, 0.5) is 4.39 Å². The van der Waals surface area contributed by atoms with E-state index in [1.807, 2.05) is 0 Å². The smallest absolute Gasteiger partial charge is 0.335 e. The van der Waals surface area contributed by atoms with Crippen molar-refractivity contribution in [2.75, 3.05) is 0 Å². The van der Waals surface area contributed by atoms with Crippen molar-refractivity contribution in [1.29, 1.82) is 0 Å². The van der Waals surface area contributed by atoms with E-state index in [1.165, 1.54) is 18.2 Å². The maximum Gasteiger partial charge on any atom is 0.335 e. The van der Waals surface area contributed by atoms with E-state index in [0.29, 0.717) is 49.6 Å². The van der Waals surface area contributed by atoms with Crippen molar-refractivity contribution < 1.29 is 23.5 Å². The molecule has 0 fully saturated rings. The fourth-order valence-electron chi connectivity index (χ4n) is 3.65. The van der Waals surface area contributed by atoms with Gasteiger partial charge in [-0.1, -0.05) is 24.6 Å². The SMILES string of the molecule is CCC(=O)c1c(-c2ccc(F)cc2)oc2ccc(-c3cc(C(=O)O)c(C)cc3Cl)cc12. The number of furan rings is 1. The van der Waals surface area contributed by atoms with Gasteiger partial charge in [0, 0.05) is 28.0 Å². The van der Waals surface area contributed by atoms with Crippen LogP contribution < -0.4 is 0 Å². The van der Waals surface area contributed by atoms with Crippen LogP contribution in [0.1, 0.15) is 39.6 Å². The molecule has 156 valence electrons. The number of carbonyl (C=O) groups excluding carboxylic acids is 1. The maximum absolute atomic E-state index is 13.4. The van der Waals surface area contributed by atoms with Crippen LogP contribution in [0.25, 0.3) is 33.4 Å². The minimum Gasteiger partial charge on any atom is -0.478 e. The number of Topliss-reactive ketones (excluding diaryl/α,β-unsaturated/α-hetero) is 1. The number of carbonyl (C=O) groups is 2. The number of carboxylic acids is 1. The Hall–Kier alpha value is -3.44. The molecule has 1 N–H and O–H groups in total. The summed E-state index contributed by atoms with van der Waals surface area (Å²) in [7, 11) is 0. The number of hydrogen-bond donors (Lipinski definition) is 1. The van der Waals surface area contributed by atoms with Crippen LogP contribution in [0.3, 0.4) is 0 Å². The molecule has 6 heteroatoms. The molecule has 0 atom stereocenters. The van der Waals surface area contributed by atoms with E-state index in [1.54, 1.807) is 50.2 Å². The predicted octanol–water partition coefficient (Wildman–Crippen LogP) is 7.16. The van der Waals surface area contributed by atoms with E-state index < -0.39 is 5.97 Å². The highest BCUT2D eigenvalue weighted by Crippen LogP contribution is 2.38. The lowest BCUT2D eigenvalue weighted by molar-refractivity contribution is 0.0696. The van der Waals surface area contributed by atoms with Crippen molar-refractivity contribution in [1.82, 2.24) is 0 Å². The number of ketones is 1. The molecule has 0 saturated heterocycles. The van der Waals surface area contributed by atoms with Gasteiger partial charge in [0.05, 0.1) is 11.1 Å². The summed E-state index contributed by atoms with van der Waals surface area (Å²) in [5.74, 6) is -1.16. The van der Waals surface area contributed by atoms with E-state index in [9.17, 15) is 19.1 Å². The molecule has 1 aromatic heterocycles. The summed E-state index contributed by atoms with van der Waals surface area (Å²) in [5.41, 5.74) is 3.43. The molecule has 0 spiro atoms. The molecule has 0 amide bonds. The molecular formula is C25H18ClFO4. The average molecular weight is 437 g/mol. The molecular weight excluding hydrogens is 419 g/mol. The van der Waals surface area contributed by atoms with Gasteiger partial charge >= 0.3 is 5.97 Å². The van der Waals surface area contributed by atoms with Crippen molar-refractivity contribution in [3.63, 3.8) is 0 Å². The molecule has 0 unspecified atom stereocenters. The third kappa shape index (κ3) is 3.73. The number of benzene rings is 3. The first kappa shape index (κ1) is 20.8. The molecule has 0 aliphatic heterocycles. The van der Waals surface area contributed by atoms with Crippen LogP contribution in [0.2, 0.25) is 5.02 Å². The molecule has 0 radical (unpaired) electrons. The van der Waals surface area contributed by atoms with Crippen molar-refractivity contribution >= 4 is 34.3 Å².